The number of carbonyl (C=O) groups excluding carboxylic acids is 1. The molecule has 1 atom stereocenters. The number of hydrogen-bond acceptors (Lipinski definition) is 4. The lowest BCUT2D eigenvalue weighted by Gasteiger charge is -2.32. The van der Waals surface area contributed by atoms with Crippen LogP contribution in [0.2, 0.25) is 0 Å². The third kappa shape index (κ3) is 4.99. The molecule has 1 fully saturated rings. The Morgan fingerprint density at radius 2 is 2.00 bits per heavy atom. The van der Waals surface area contributed by atoms with Gasteiger partial charge in [-0.1, -0.05) is 45.0 Å². The maximum Gasteiger partial charge on any atom is 0.246 e. The molecule has 1 saturated heterocycles. The number of para-hydroxylation sites is 1. The highest BCUT2D eigenvalue weighted by molar-refractivity contribution is 7.89. The summed E-state index contributed by atoms with van der Waals surface area (Å²) in [5, 5.41) is 3.07. The second kappa shape index (κ2) is 10.0. The standard InChI is InChI=1S/C25H34N2O4S/c1-6-19-10-7-9-18(4)24(19)26-25(28)21-11-8-14-27(16-21)32(29,30)23-15-20(17(2)3)12-13-22(23)31-5/h7,9-10,12-13,15,17,21H,6,8,11,14,16H2,1-5H3,(H,26,28)/t21-/m0/s1. The molecule has 32 heavy (non-hydrogen) atoms. The number of benzene rings is 2. The van der Waals surface area contributed by atoms with Crippen LogP contribution in [0.15, 0.2) is 41.3 Å². The zero-order valence-electron chi connectivity index (χ0n) is 19.6. The molecule has 1 aliphatic rings. The summed E-state index contributed by atoms with van der Waals surface area (Å²) in [7, 11) is -2.32. The van der Waals surface area contributed by atoms with Gasteiger partial charge in [-0.15, -0.1) is 0 Å². The van der Waals surface area contributed by atoms with E-state index in [1.807, 2.05) is 45.0 Å². The van der Waals surface area contributed by atoms with Gasteiger partial charge in [0, 0.05) is 18.8 Å². The number of piperidine rings is 1. The minimum atomic E-state index is -3.79. The summed E-state index contributed by atoms with van der Waals surface area (Å²) >= 11 is 0. The van der Waals surface area contributed by atoms with E-state index in [2.05, 4.69) is 12.2 Å². The Labute approximate surface area is 192 Å². The van der Waals surface area contributed by atoms with Crippen LogP contribution >= 0.6 is 0 Å². The fourth-order valence-electron chi connectivity index (χ4n) is 4.20. The van der Waals surface area contributed by atoms with E-state index >= 15 is 0 Å². The van der Waals surface area contributed by atoms with E-state index in [4.69, 9.17) is 4.74 Å². The van der Waals surface area contributed by atoms with Crippen molar-refractivity contribution in [2.45, 2.75) is 57.8 Å². The first-order chi connectivity index (χ1) is 15.2. The van der Waals surface area contributed by atoms with Gasteiger partial charge in [-0.25, -0.2) is 8.42 Å². The van der Waals surface area contributed by atoms with Gasteiger partial charge >= 0.3 is 0 Å². The average molecular weight is 459 g/mol. The summed E-state index contributed by atoms with van der Waals surface area (Å²) in [5.74, 6) is -0.0102. The molecule has 2 aromatic rings. The van der Waals surface area contributed by atoms with E-state index in [1.165, 1.54) is 11.4 Å². The molecule has 6 nitrogen and oxygen atoms in total. The van der Waals surface area contributed by atoms with Crippen LogP contribution in [0.25, 0.3) is 0 Å². The Morgan fingerprint density at radius 1 is 1.25 bits per heavy atom. The molecule has 0 saturated carbocycles. The van der Waals surface area contributed by atoms with Gasteiger partial charge in [0.15, 0.2) is 0 Å². The van der Waals surface area contributed by atoms with Gasteiger partial charge in [-0.05, 0) is 60.9 Å². The predicted octanol–water partition coefficient (Wildman–Crippen LogP) is 4.73. The molecule has 0 bridgehead atoms. The third-order valence-electron chi connectivity index (χ3n) is 6.22. The Balaban J connectivity index is 1.84. The Bertz CT molecular complexity index is 1080. The molecular formula is C25H34N2O4S. The van der Waals surface area contributed by atoms with Crippen molar-refractivity contribution in [3.05, 3.63) is 53.1 Å². The first-order valence-electron chi connectivity index (χ1n) is 11.3. The lowest BCUT2D eigenvalue weighted by molar-refractivity contribution is -0.120. The summed E-state index contributed by atoms with van der Waals surface area (Å²) in [6, 6.07) is 11.3. The third-order valence-corrected chi connectivity index (χ3v) is 8.10. The highest BCUT2D eigenvalue weighted by Gasteiger charge is 2.35. The van der Waals surface area contributed by atoms with Gasteiger partial charge in [-0.2, -0.15) is 4.31 Å². The smallest absolute Gasteiger partial charge is 0.246 e. The molecule has 0 radical (unpaired) electrons. The number of amides is 1. The number of anilines is 1. The summed E-state index contributed by atoms with van der Waals surface area (Å²) < 4.78 is 33.9. The van der Waals surface area contributed by atoms with Crippen LogP contribution < -0.4 is 10.1 Å². The number of ether oxygens (including phenoxy) is 1. The maximum absolute atomic E-state index is 13.5. The van der Waals surface area contributed by atoms with Gasteiger partial charge in [0.05, 0.1) is 13.0 Å². The molecule has 3 rings (SSSR count). The molecule has 1 amide bonds. The molecule has 2 aromatic carbocycles. The van der Waals surface area contributed by atoms with Crippen molar-refractivity contribution < 1.29 is 17.9 Å². The van der Waals surface area contributed by atoms with Crippen molar-refractivity contribution in [2.75, 3.05) is 25.5 Å². The van der Waals surface area contributed by atoms with Gasteiger partial charge in [-0.3, -0.25) is 4.79 Å². The Morgan fingerprint density at radius 3 is 2.66 bits per heavy atom. The molecule has 0 unspecified atom stereocenters. The second-order valence-electron chi connectivity index (χ2n) is 8.72. The second-order valence-corrected chi connectivity index (χ2v) is 10.6. The number of rotatable bonds is 7. The van der Waals surface area contributed by atoms with E-state index in [0.717, 1.165) is 28.8 Å². The number of hydrogen-bond donors (Lipinski definition) is 1. The number of sulfonamides is 1. The van der Waals surface area contributed by atoms with E-state index < -0.39 is 15.9 Å². The summed E-state index contributed by atoms with van der Waals surface area (Å²) in [6.45, 7) is 8.63. The van der Waals surface area contributed by atoms with Gasteiger partial charge in [0.25, 0.3) is 0 Å². The highest BCUT2D eigenvalue weighted by atomic mass is 32.2. The van der Waals surface area contributed by atoms with Crippen molar-refractivity contribution in [1.29, 1.82) is 0 Å². The lowest BCUT2D eigenvalue weighted by atomic mass is 9.98. The summed E-state index contributed by atoms with van der Waals surface area (Å²) in [5.41, 5.74) is 3.86. The molecule has 1 N–H and O–H groups in total. The van der Waals surface area contributed by atoms with E-state index in [9.17, 15) is 13.2 Å². The SMILES string of the molecule is CCc1cccc(C)c1NC(=O)[C@H]1CCCN(S(=O)(=O)c2cc(C(C)C)ccc2OC)C1. The molecular weight excluding hydrogens is 424 g/mol. The topological polar surface area (TPSA) is 75.7 Å². The van der Waals surface area contributed by atoms with E-state index in [-0.39, 0.29) is 23.3 Å². The molecule has 1 aliphatic heterocycles. The monoisotopic (exact) mass is 458 g/mol. The minimum Gasteiger partial charge on any atom is -0.495 e. The van der Waals surface area contributed by atoms with Gasteiger partial charge in [0.2, 0.25) is 15.9 Å². The normalized spacial score (nSPS) is 17.4. The zero-order chi connectivity index (χ0) is 23.5. The fourth-order valence-corrected chi connectivity index (χ4v) is 5.91. The van der Waals surface area contributed by atoms with Crippen LogP contribution in [0.5, 0.6) is 5.75 Å². The number of carbonyl (C=O) groups is 1. The zero-order valence-corrected chi connectivity index (χ0v) is 20.5. The van der Waals surface area contributed by atoms with Crippen molar-refractivity contribution in [3.63, 3.8) is 0 Å². The first-order valence-corrected chi connectivity index (χ1v) is 12.7. The van der Waals surface area contributed by atoms with Crippen LogP contribution in [-0.4, -0.2) is 38.8 Å². The van der Waals surface area contributed by atoms with Crippen LogP contribution in [-0.2, 0) is 21.2 Å². The molecule has 174 valence electrons. The molecule has 0 spiro atoms. The van der Waals surface area contributed by atoms with Crippen molar-refractivity contribution in [1.82, 2.24) is 4.31 Å². The van der Waals surface area contributed by atoms with Crippen LogP contribution in [0.4, 0.5) is 5.69 Å². The molecule has 0 aromatic heterocycles. The average Bonchev–Trinajstić information content (AvgIpc) is 2.79. The van der Waals surface area contributed by atoms with Crippen molar-refractivity contribution in [2.24, 2.45) is 5.92 Å². The lowest BCUT2D eigenvalue weighted by Crippen LogP contribution is -2.43. The Kier molecular flexibility index (Phi) is 7.62. The summed E-state index contributed by atoms with van der Waals surface area (Å²) in [6.07, 6.45) is 2.11. The Hall–Kier alpha value is -2.38. The van der Waals surface area contributed by atoms with Gasteiger partial charge in [0.1, 0.15) is 10.6 Å². The van der Waals surface area contributed by atoms with E-state index in [0.29, 0.717) is 25.1 Å². The molecule has 0 aliphatic carbocycles. The van der Waals surface area contributed by atoms with Crippen molar-refractivity contribution in [3.8, 4) is 5.75 Å². The van der Waals surface area contributed by atoms with Crippen LogP contribution in [0.1, 0.15) is 56.2 Å². The largest absolute Gasteiger partial charge is 0.495 e. The quantitative estimate of drug-likeness (QED) is 0.651. The minimum absolute atomic E-state index is 0.128. The fraction of sp³-hybridized carbons (Fsp3) is 0.480. The molecule has 1 heterocycles. The summed E-state index contributed by atoms with van der Waals surface area (Å²) in [4.78, 5) is 13.3. The number of nitrogens with one attached hydrogen (secondary N) is 1. The van der Waals surface area contributed by atoms with Gasteiger partial charge < -0.3 is 10.1 Å². The van der Waals surface area contributed by atoms with Crippen molar-refractivity contribution >= 4 is 21.6 Å². The van der Waals surface area contributed by atoms with E-state index in [1.54, 1.807) is 12.1 Å². The van der Waals surface area contributed by atoms with Crippen LogP contribution in [0, 0.1) is 12.8 Å². The number of aryl methyl sites for hydroxylation is 2. The maximum atomic E-state index is 13.5. The number of methoxy groups -OCH3 is 1. The molecule has 7 heteroatoms. The number of nitrogens with zero attached hydrogens (tertiary/aromatic N) is 1. The highest BCUT2D eigenvalue weighted by Crippen LogP contribution is 2.33. The predicted molar refractivity (Wildman–Crippen MR) is 128 cm³/mol. The van der Waals surface area contributed by atoms with Crippen LogP contribution in [0.3, 0.4) is 0 Å². The first kappa shape index (κ1) is 24.3.